The first-order valence-corrected chi connectivity index (χ1v) is 9.35. The minimum atomic E-state index is 0. The highest BCUT2D eigenvalue weighted by atomic mass is 127. The molecule has 0 unspecified atom stereocenters. The molecule has 0 bridgehead atoms. The molecule has 0 aliphatic rings. The van der Waals surface area contributed by atoms with Crippen LogP contribution in [0, 0.1) is 20.8 Å². The Morgan fingerprint density at radius 1 is 1.23 bits per heavy atom. The van der Waals surface area contributed by atoms with Crippen LogP contribution in [0.4, 0.5) is 0 Å². The van der Waals surface area contributed by atoms with E-state index in [0.29, 0.717) is 6.61 Å². The van der Waals surface area contributed by atoms with Crippen molar-refractivity contribution in [2.24, 2.45) is 4.99 Å². The lowest BCUT2D eigenvalue weighted by Crippen LogP contribution is -2.41. The number of aliphatic imine (C=N–C) groups is 1. The number of likely N-dealkylation sites (N-methyl/N-ethyl adjacent to an activating group) is 1. The molecule has 0 saturated heterocycles. The van der Waals surface area contributed by atoms with Crippen molar-refractivity contribution in [3.05, 3.63) is 45.4 Å². The lowest BCUT2D eigenvalue weighted by atomic mass is 10.2. The molecule has 0 spiro atoms. The summed E-state index contributed by atoms with van der Waals surface area (Å²) in [7, 11) is 3.83. The number of ether oxygens (including phenoxy) is 1. The summed E-state index contributed by atoms with van der Waals surface area (Å²) in [5, 5.41) is 4.54. The number of rotatable bonds is 7. The summed E-state index contributed by atoms with van der Waals surface area (Å²) in [5.74, 6) is 1.78. The molecular weight excluding hydrogens is 459 g/mol. The number of hydrogen-bond acceptors (Lipinski definition) is 4. The van der Waals surface area contributed by atoms with Crippen LogP contribution in [0.5, 0.6) is 5.75 Å². The number of aryl methyl sites for hydroxylation is 3. The number of halogens is 1. The Morgan fingerprint density at radius 2 is 1.92 bits per heavy atom. The standard InChI is InChI=1S/C19H28N4OS.HI/c1-14-6-8-17(9-7-14)24-13-12-23(5)19(20-4)21-11-10-18-15(2)22-16(3)25-18;/h6-9H,10-13H2,1-5H3,(H,20,21);1H. The smallest absolute Gasteiger partial charge is 0.193 e. The number of benzene rings is 1. The van der Waals surface area contributed by atoms with Crippen LogP contribution < -0.4 is 10.1 Å². The van der Waals surface area contributed by atoms with E-state index < -0.39 is 0 Å². The summed E-state index contributed by atoms with van der Waals surface area (Å²) < 4.78 is 5.79. The Labute approximate surface area is 177 Å². The highest BCUT2D eigenvalue weighted by Crippen LogP contribution is 2.17. The molecule has 0 aliphatic carbocycles. The first-order chi connectivity index (χ1) is 12.0. The Kier molecular flexibility index (Phi) is 9.93. The van der Waals surface area contributed by atoms with Crippen LogP contribution >= 0.6 is 35.3 Å². The molecule has 0 atom stereocenters. The van der Waals surface area contributed by atoms with E-state index in [9.17, 15) is 0 Å². The van der Waals surface area contributed by atoms with Gasteiger partial charge >= 0.3 is 0 Å². The van der Waals surface area contributed by atoms with Gasteiger partial charge in [-0.3, -0.25) is 4.99 Å². The predicted octanol–water partition coefficient (Wildman–Crippen LogP) is 3.82. The van der Waals surface area contributed by atoms with Gasteiger partial charge in [0, 0.05) is 31.9 Å². The summed E-state index contributed by atoms with van der Waals surface area (Å²) in [5.41, 5.74) is 2.37. The fourth-order valence-corrected chi connectivity index (χ4v) is 3.46. The lowest BCUT2D eigenvalue weighted by Gasteiger charge is -2.22. The molecule has 144 valence electrons. The third-order valence-electron chi connectivity index (χ3n) is 3.92. The topological polar surface area (TPSA) is 49.8 Å². The molecule has 2 aromatic rings. The molecule has 1 heterocycles. The zero-order valence-electron chi connectivity index (χ0n) is 16.2. The van der Waals surface area contributed by atoms with E-state index in [1.165, 1.54) is 10.4 Å². The van der Waals surface area contributed by atoms with Crippen molar-refractivity contribution in [1.29, 1.82) is 0 Å². The van der Waals surface area contributed by atoms with E-state index in [1.807, 2.05) is 26.2 Å². The van der Waals surface area contributed by atoms with Gasteiger partial charge in [-0.1, -0.05) is 17.7 Å². The van der Waals surface area contributed by atoms with E-state index in [-0.39, 0.29) is 24.0 Å². The number of nitrogens with zero attached hydrogens (tertiary/aromatic N) is 3. The second-order valence-corrected chi connectivity index (χ2v) is 7.34. The Hall–Kier alpha value is -1.35. The maximum atomic E-state index is 5.79. The normalized spacial score (nSPS) is 11.0. The molecule has 5 nitrogen and oxygen atoms in total. The molecule has 1 aromatic heterocycles. The van der Waals surface area contributed by atoms with Crippen molar-refractivity contribution in [2.45, 2.75) is 27.2 Å². The molecule has 1 N–H and O–H groups in total. The van der Waals surface area contributed by atoms with Gasteiger partial charge in [-0.05, 0) is 32.9 Å². The summed E-state index contributed by atoms with van der Waals surface area (Å²) in [6.45, 7) is 8.43. The molecule has 0 amide bonds. The summed E-state index contributed by atoms with van der Waals surface area (Å²) in [6.07, 6.45) is 0.962. The fourth-order valence-electron chi connectivity index (χ4n) is 2.52. The van der Waals surface area contributed by atoms with Crippen molar-refractivity contribution in [3.63, 3.8) is 0 Å². The van der Waals surface area contributed by atoms with E-state index in [1.54, 1.807) is 11.3 Å². The highest BCUT2D eigenvalue weighted by molar-refractivity contribution is 14.0. The first kappa shape index (κ1) is 22.7. The van der Waals surface area contributed by atoms with Gasteiger partial charge in [0.2, 0.25) is 0 Å². The lowest BCUT2D eigenvalue weighted by molar-refractivity contribution is 0.281. The van der Waals surface area contributed by atoms with Crippen LogP contribution in [0.2, 0.25) is 0 Å². The van der Waals surface area contributed by atoms with Gasteiger partial charge in [-0.25, -0.2) is 4.98 Å². The van der Waals surface area contributed by atoms with Crippen LogP contribution in [0.3, 0.4) is 0 Å². The van der Waals surface area contributed by atoms with Crippen LogP contribution in [-0.4, -0.2) is 49.6 Å². The average molecular weight is 488 g/mol. The number of aromatic nitrogens is 1. The monoisotopic (exact) mass is 488 g/mol. The van der Waals surface area contributed by atoms with E-state index >= 15 is 0 Å². The molecule has 7 heteroatoms. The molecule has 0 aliphatic heterocycles. The number of thiazole rings is 1. The second kappa shape index (κ2) is 11.4. The SMILES string of the molecule is CN=C(NCCc1sc(C)nc1C)N(C)CCOc1ccc(C)cc1.I. The Balaban J connectivity index is 0.00000338. The zero-order valence-corrected chi connectivity index (χ0v) is 19.4. The van der Waals surface area contributed by atoms with Gasteiger partial charge < -0.3 is 15.0 Å². The van der Waals surface area contributed by atoms with Crippen LogP contribution in [0.1, 0.15) is 21.1 Å². The maximum absolute atomic E-state index is 5.79. The maximum Gasteiger partial charge on any atom is 0.193 e. The quantitative estimate of drug-likeness (QED) is 0.366. The van der Waals surface area contributed by atoms with Crippen LogP contribution in [0.15, 0.2) is 29.3 Å². The summed E-state index contributed by atoms with van der Waals surface area (Å²) in [4.78, 5) is 12.2. The van der Waals surface area contributed by atoms with Crippen molar-refractivity contribution in [3.8, 4) is 5.75 Å². The second-order valence-electron chi connectivity index (χ2n) is 6.05. The largest absolute Gasteiger partial charge is 0.492 e. The minimum absolute atomic E-state index is 0. The Morgan fingerprint density at radius 3 is 2.50 bits per heavy atom. The number of hydrogen-bond donors (Lipinski definition) is 1. The molecule has 2 rings (SSSR count). The van der Waals surface area contributed by atoms with Crippen molar-refractivity contribution in [2.75, 3.05) is 33.8 Å². The summed E-state index contributed by atoms with van der Waals surface area (Å²) in [6, 6.07) is 8.12. The molecule has 0 fully saturated rings. The average Bonchev–Trinajstić information content (AvgIpc) is 2.91. The molecular formula is C19H29IN4OS. The van der Waals surface area contributed by atoms with Crippen LogP contribution in [0.25, 0.3) is 0 Å². The molecule has 0 radical (unpaired) electrons. The zero-order chi connectivity index (χ0) is 18.2. The third-order valence-corrected chi connectivity index (χ3v) is 5.06. The van der Waals surface area contributed by atoms with Gasteiger partial charge in [-0.2, -0.15) is 0 Å². The molecule has 1 aromatic carbocycles. The predicted molar refractivity (Wildman–Crippen MR) is 121 cm³/mol. The van der Waals surface area contributed by atoms with Gasteiger partial charge in [0.05, 0.1) is 17.2 Å². The highest BCUT2D eigenvalue weighted by Gasteiger charge is 2.08. The van der Waals surface area contributed by atoms with Gasteiger partial charge in [-0.15, -0.1) is 35.3 Å². The van der Waals surface area contributed by atoms with E-state index in [0.717, 1.165) is 41.9 Å². The fraction of sp³-hybridized carbons (Fsp3) is 0.474. The van der Waals surface area contributed by atoms with E-state index in [2.05, 4.69) is 53.1 Å². The minimum Gasteiger partial charge on any atom is -0.492 e. The number of nitrogens with one attached hydrogen (secondary N) is 1. The molecule has 0 saturated carbocycles. The van der Waals surface area contributed by atoms with Crippen molar-refractivity contribution >= 4 is 41.3 Å². The third kappa shape index (κ3) is 7.11. The van der Waals surface area contributed by atoms with Gasteiger partial charge in [0.25, 0.3) is 0 Å². The molecule has 26 heavy (non-hydrogen) atoms. The van der Waals surface area contributed by atoms with Crippen molar-refractivity contribution < 1.29 is 4.74 Å². The number of guanidine groups is 1. The van der Waals surface area contributed by atoms with Gasteiger partial charge in [0.1, 0.15) is 12.4 Å². The summed E-state index contributed by atoms with van der Waals surface area (Å²) >= 11 is 1.77. The first-order valence-electron chi connectivity index (χ1n) is 8.53. The van der Waals surface area contributed by atoms with Crippen LogP contribution in [-0.2, 0) is 6.42 Å². The Bertz CT molecular complexity index is 700. The van der Waals surface area contributed by atoms with Crippen molar-refractivity contribution in [1.82, 2.24) is 15.2 Å². The van der Waals surface area contributed by atoms with Gasteiger partial charge in [0.15, 0.2) is 5.96 Å². The van der Waals surface area contributed by atoms with E-state index in [4.69, 9.17) is 4.74 Å².